The number of hydrogen-bond donors (Lipinski definition) is 2. The maximum Gasteiger partial charge on any atom is 0.246 e. The number of anilines is 1. The molecule has 0 fully saturated rings. The number of hydrogen-bond acceptors (Lipinski definition) is 4. The minimum Gasteiger partial charge on any atom is -0.399 e. The van der Waals surface area contributed by atoms with E-state index in [9.17, 15) is 12.8 Å². The molecular formula is C12H18BrFN2O3S. The third-order valence-electron chi connectivity index (χ3n) is 2.72. The van der Waals surface area contributed by atoms with E-state index in [1.165, 1.54) is 6.07 Å². The Balaban J connectivity index is 3.33. The first kappa shape index (κ1) is 17.4. The molecule has 3 N–H and O–H groups in total. The molecule has 0 saturated carbocycles. The van der Waals surface area contributed by atoms with Crippen LogP contribution < -0.4 is 5.73 Å². The fourth-order valence-electron chi connectivity index (χ4n) is 1.78. The summed E-state index contributed by atoms with van der Waals surface area (Å²) in [5.74, 6) is -0.867. The van der Waals surface area contributed by atoms with Crippen molar-refractivity contribution in [3.8, 4) is 0 Å². The van der Waals surface area contributed by atoms with Crippen LogP contribution >= 0.6 is 15.9 Å². The Morgan fingerprint density at radius 2 is 2.05 bits per heavy atom. The van der Waals surface area contributed by atoms with Crippen molar-refractivity contribution in [2.75, 3.05) is 18.9 Å². The highest BCUT2D eigenvalue weighted by molar-refractivity contribution is 9.10. The monoisotopic (exact) mass is 368 g/mol. The zero-order valence-electron chi connectivity index (χ0n) is 11.3. The van der Waals surface area contributed by atoms with Gasteiger partial charge < -0.3 is 10.8 Å². The Morgan fingerprint density at radius 3 is 2.55 bits per heavy atom. The molecule has 0 radical (unpaired) electrons. The maximum absolute atomic E-state index is 14.1. The average molecular weight is 369 g/mol. The van der Waals surface area contributed by atoms with Crippen LogP contribution in [-0.2, 0) is 10.0 Å². The van der Waals surface area contributed by atoms with Crippen molar-refractivity contribution in [1.29, 1.82) is 0 Å². The van der Waals surface area contributed by atoms with Crippen LogP contribution in [0.15, 0.2) is 21.5 Å². The molecule has 0 unspecified atom stereocenters. The van der Waals surface area contributed by atoms with Gasteiger partial charge in [0.1, 0.15) is 4.90 Å². The summed E-state index contributed by atoms with van der Waals surface area (Å²) in [4.78, 5) is -0.462. The normalized spacial score (nSPS) is 12.3. The average Bonchev–Trinajstić information content (AvgIpc) is 2.33. The van der Waals surface area contributed by atoms with Crippen LogP contribution in [-0.4, -0.2) is 37.0 Å². The van der Waals surface area contributed by atoms with E-state index >= 15 is 0 Å². The van der Waals surface area contributed by atoms with Crippen molar-refractivity contribution in [3.05, 3.63) is 22.4 Å². The van der Waals surface area contributed by atoms with Crippen LogP contribution in [0.2, 0.25) is 0 Å². The lowest BCUT2D eigenvalue weighted by Crippen LogP contribution is -2.38. The number of nitrogens with zero attached hydrogens (tertiary/aromatic N) is 1. The molecule has 0 bridgehead atoms. The number of aliphatic hydroxyl groups is 1. The number of sulfonamides is 1. The van der Waals surface area contributed by atoms with Crippen LogP contribution in [0.1, 0.15) is 20.3 Å². The van der Waals surface area contributed by atoms with Crippen molar-refractivity contribution in [1.82, 2.24) is 4.31 Å². The van der Waals surface area contributed by atoms with E-state index in [4.69, 9.17) is 10.8 Å². The van der Waals surface area contributed by atoms with Crippen molar-refractivity contribution in [2.45, 2.75) is 31.2 Å². The molecule has 0 aliphatic heterocycles. The fourth-order valence-corrected chi connectivity index (χ4v) is 4.19. The fraction of sp³-hybridized carbons (Fsp3) is 0.500. The molecule has 0 spiro atoms. The lowest BCUT2D eigenvalue weighted by Gasteiger charge is -2.26. The van der Waals surface area contributed by atoms with Gasteiger partial charge in [0, 0.05) is 24.9 Å². The summed E-state index contributed by atoms with van der Waals surface area (Å²) < 4.78 is 40.3. The van der Waals surface area contributed by atoms with Gasteiger partial charge in [-0.05, 0) is 48.3 Å². The van der Waals surface area contributed by atoms with Gasteiger partial charge in [-0.15, -0.1) is 0 Å². The SMILES string of the molecule is CC(C)N(CCCO)S(=O)(=O)c1cc(N)cc(Br)c1F. The topological polar surface area (TPSA) is 83.6 Å². The molecule has 5 nitrogen and oxygen atoms in total. The number of halogens is 2. The van der Waals surface area contributed by atoms with Crippen LogP contribution in [0.25, 0.3) is 0 Å². The smallest absolute Gasteiger partial charge is 0.246 e. The third kappa shape index (κ3) is 3.69. The van der Waals surface area contributed by atoms with Gasteiger partial charge in [0.15, 0.2) is 5.82 Å². The lowest BCUT2D eigenvalue weighted by atomic mass is 10.3. The molecule has 0 saturated heterocycles. The molecule has 20 heavy (non-hydrogen) atoms. The molecule has 0 aromatic heterocycles. The van der Waals surface area contributed by atoms with Crippen molar-refractivity contribution >= 4 is 31.6 Å². The van der Waals surface area contributed by atoms with E-state index < -0.39 is 20.7 Å². The molecule has 8 heteroatoms. The minimum atomic E-state index is -4.01. The summed E-state index contributed by atoms with van der Waals surface area (Å²) in [6.07, 6.45) is 0.280. The summed E-state index contributed by atoms with van der Waals surface area (Å²) in [5.41, 5.74) is 5.74. The Morgan fingerprint density at radius 1 is 1.45 bits per heavy atom. The molecule has 0 atom stereocenters. The molecule has 0 aliphatic rings. The number of nitrogen functional groups attached to an aromatic ring is 1. The van der Waals surface area contributed by atoms with Gasteiger partial charge in [0.05, 0.1) is 4.47 Å². The van der Waals surface area contributed by atoms with E-state index in [-0.39, 0.29) is 35.8 Å². The van der Waals surface area contributed by atoms with Crippen LogP contribution in [0.4, 0.5) is 10.1 Å². The molecular weight excluding hydrogens is 351 g/mol. The molecule has 1 aromatic rings. The number of nitrogens with two attached hydrogens (primary N) is 1. The highest BCUT2D eigenvalue weighted by Crippen LogP contribution is 2.29. The van der Waals surface area contributed by atoms with Crippen LogP contribution in [0.3, 0.4) is 0 Å². The summed E-state index contributed by atoms with van der Waals surface area (Å²) in [6.45, 7) is 3.35. The van der Waals surface area contributed by atoms with Gasteiger partial charge in [0.25, 0.3) is 0 Å². The molecule has 114 valence electrons. The largest absolute Gasteiger partial charge is 0.399 e. The zero-order valence-corrected chi connectivity index (χ0v) is 13.7. The van der Waals surface area contributed by atoms with Crippen LogP contribution in [0.5, 0.6) is 0 Å². The van der Waals surface area contributed by atoms with E-state index in [1.807, 2.05) is 0 Å². The van der Waals surface area contributed by atoms with Gasteiger partial charge >= 0.3 is 0 Å². The molecule has 0 aliphatic carbocycles. The van der Waals surface area contributed by atoms with E-state index in [1.54, 1.807) is 13.8 Å². The Kier molecular flexibility index (Phi) is 5.93. The first-order valence-corrected chi connectivity index (χ1v) is 8.32. The predicted molar refractivity (Wildman–Crippen MR) is 79.2 cm³/mol. The number of aliphatic hydroxyl groups excluding tert-OH is 1. The Bertz CT molecular complexity index is 578. The molecule has 0 heterocycles. The second kappa shape index (κ2) is 6.84. The van der Waals surface area contributed by atoms with Crippen LogP contribution in [0, 0.1) is 5.82 Å². The quantitative estimate of drug-likeness (QED) is 0.751. The van der Waals surface area contributed by atoms with E-state index in [0.717, 1.165) is 10.4 Å². The molecule has 1 aromatic carbocycles. The standard InChI is InChI=1S/C12H18BrFN2O3S/c1-8(2)16(4-3-5-17)20(18,19)11-7-9(15)6-10(13)12(11)14/h6-8,17H,3-5,15H2,1-2H3. The lowest BCUT2D eigenvalue weighted by molar-refractivity contribution is 0.258. The van der Waals surface area contributed by atoms with Crippen molar-refractivity contribution in [3.63, 3.8) is 0 Å². The van der Waals surface area contributed by atoms with E-state index in [0.29, 0.717) is 0 Å². The van der Waals surface area contributed by atoms with Crippen molar-refractivity contribution in [2.24, 2.45) is 0 Å². The Hall–Kier alpha value is -0.700. The van der Waals surface area contributed by atoms with E-state index in [2.05, 4.69) is 15.9 Å². The van der Waals surface area contributed by atoms with Gasteiger partial charge in [-0.2, -0.15) is 4.31 Å². The Labute approximate surface area is 126 Å². The zero-order chi connectivity index (χ0) is 15.5. The number of benzene rings is 1. The predicted octanol–water partition coefficient (Wildman–Crippen LogP) is 1.95. The van der Waals surface area contributed by atoms with Crippen molar-refractivity contribution < 1.29 is 17.9 Å². The second-order valence-electron chi connectivity index (χ2n) is 4.60. The summed E-state index contributed by atoms with van der Waals surface area (Å²) in [6, 6.07) is 2.05. The minimum absolute atomic E-state index is 0.00180. The summed E-state index contributed by atoms with van der Waals surface area (Å²) in [7, 11) is -4.01. The molecule has 0 amide bonds. The van der Waals surface area contributed by atoms with Gasteiger partial charge in [0.2, 0.25) is 10.0 Å². The van der Waals surface area contributed by atoms with Gasteiger partial charge in [-0.3, -0.25) is 0 Å². The summed E-state index contributed by atoms with van der Waals surface area (Å²) in [5, 5.41) is 8.85. The maximum atomic E-state index is 14.1. The highest BCUT2D eigenvalue weighted by Gasteiger charge is 2.30. The first-order valence-electron chi connectivity index (χ1n) is 6.09. The van der Waals surface area contributed by atoms with Gasteiger partial charge in [-0.1, -0.05) is 0 Å². The third-order valence-corrected chi connectivity index (χ3v) is 5.37. The highest BCUT2D eigenvalue weighted by atomic mass is 79.9. The first-order chi connectivity index (χ1) is 9.21. The summed E-state index contributed by atoms with van der Waals surface area (Å²) >= 11 is 2.95. The van der Waals surface area contributed by atoms with Gasteiger partial charge in [-0.25, -0.2) is 12.8 Å². The second-order valence-corrected chi connectivity index (χ2v) is 7.31. The number of rotatable bonds is 6. The molecule has 1 rings (SSSR count).